The second-order valence-electron chi connectivity index (χ2n) is 2.15. The average Bonchev–Trinajstić information content (AvgIpc) is 1.88. The standard InChI is InChI=1S/C6H11N3O/c1-3-6(10)4-5(2)8-9-7/h5H,3-4H2,1-2H3/t5-/m1/s1. The van der Waals surface area contributed by atoms with Gasteiger partial charge in [0, 0.05) is 23.8 Å². The van der Waals surface area contributed by atoms with Gasteiger partial charge in [0.25, 0.3) is 0 Å². The zero-order valence-corrected chi connectivity index (χ0v) is 6.24. The molecule has 0 radical (unpaired) electrons. The zero-order valence-electron chi connectivity index (χ0n) is 6.24. The molecule has 56 valence electrons. The fourth-order valence-corrected chi connectivity index (χ4v) is 0.603. The number of rotatable bonds is 4. The minimum Gasteiger partial charge on any atom is -0.300 e. The van der Waals surface area contributed by atoms with Gasteiger partial charge in [0.2, 0.25) is 0 Å². The van der Waals surface area contributed by atoms with Crippen LogP contribution in [0.2, 0.25) is 0 Å². The van der Waals surface area contributed by atoms with E-state index in [4.69, 9.17) is 5.53 Å². The Morgan fingerprint density at radius 2 is 2.40 bits per heavy atom. The van der Waals surface area contributed by atoms with E-state index >= 15 is 0 Å². The molecule has 0 rings (SSSR count). The van der Waals surface area contributed by atoms with E-state index in [-0.39, 0.29) is 11.8 Å². The van der Waals surface area contributed by atoms with E-state index in [2.05, 4.69) is 10.0 Å². The second kappa shape index (κ2) is 4.82. The predicted octanol–water partition coefficient (Wildman–Crippen LogP) is 2.05. The van der Waals surface area contributed by atoms with Crippen molar-refractivity contribution in [3.8, 4) is 0 Å². The van der Waals surface area contributed by atoms with Crippen LogP contribution in [0.1, 0.15) is 26.7 Å². The summed E-state index contributed by atoms with van der Waals surface area (Å²) in [6.07, 6.45) is 0.881. The lowest BCUT2D eigenvalue weighted by molar-refractivity contribution is -0.119. The smallest absolute Gasteiger partial charge is 0.133 e. The normalized spacial score (nSPS) is 11.8. The lowest BCUT2D eigenvalue weighted by atomic mass is 10.1. The molecule has 4 heteroatoms. The molecule has 0 fully saturated rings. The maximum absolute atomic E-state index is 10.7. The minimum absolute atomic E-state index is 0.139. The highest BCUT2D eigenvalue weighted by Crippen LogP contribution is 1.99. The zero-order chi connectivity index (χ0) is 7.98. The van der Waals surface area contributed by atoms with Gasteiger partial charge in [-0.3, -0.25) is 4.79 Å². The van der Waals surface area contributed by atoms with E-state index < -0.39 is 0 Å². The Morgan fingerprint density at radius 1 is 1.80 bits per heavy atom. The van der Waals surface area contributed by atoms with Crippen molar-refractivity contribution < 1.29 is 4.79 Å². The van der Waals surface area contributed by atoms with E-state index in [1.807, 2.05) is 0 Å². The summed E-state index contributed by atoms with van der Waals surface area (Å²) in [6, 6.07) is -0.197. The maximum Gasteiger partial charge on any atom is 0.133 e. The van der Waals surface area contributed by atoms with Crippen molar-refractivity contribution in [2.75, 3.05) is 0 Å². The number of Topliss-reactive ketones (excluding diaryl/α,β-unsaturated/α-hetero) is 1. The summed E-state index contributed by atoms with van der Waals surface area (Å²) < 4.78 is 0. The monoisotopic (exact) mass is 141 g/mol. The van der Waals surface area contributed by atoms with Gasteiger partial charge in [-0.05, 0) is 5.53 Å². The van der Waals surface area contributed by atoms with Gasteiger partial charge < -0.3 is 0 Å². The molecule has 0 aromatic carbocycles. The summed E-state index contributed by atoms with van der Waals surface area (Å²) in [4.78, 5) is 13.3. The predicted molar refractivity (Wildman–Crippen MR) is 38.5 cm³/mol. The summed E-state index contributed by atoms with van der Waals surface area (Å²) >= 11 is 0. The van der Waals surface area contributed by atoms with Crippen molar-refractivity contribution >= 4 is 5.78 Å². The first-order valence-electron chi connectivity index (χ1n) is 3.26. The van der Waals surface area contributed by atoms with Crippen molar-refractivity contribution in [1.29, 1.82) is 0 Å². The van der Waals surface area contributed by atoms with Crippen LogP contribution in [-0.2, 0) is 4.79 Å². The van der Waals surface area contributed by atoms with E-state index in [1.165, 1.54) is 0 Å². The molecule has 4 nitrogen and oxygen atoms in total. The highest BCUT2D eigenvalue weighted by molar-refractivity contribution is 5.78. The van der Waals surface area contributed by atoms with Gasteiger partial charge in [-0.2, -0.15) is 0 Å². The van der Waals surface area contributed by atoms with Gasteiger partial charge >= 0.3 is 0 Å². The first-order chi connectivity index (χ1) is 4.70. The third-order valence-corrected chi connectivity index (χ3v) is 1.17. The molecule has 1 atom stereocenters. The number of hydrogen-bond acceptors (Lipinski definition) is 2. The van der Waals surface area contributed by atoms with Crippen LogP contribution in [0.4, 0.5) is 0 Å². The number of carbonyl (C=O) groups excluding carboxylic acids is 1. The fourth-order valence-electron chi connectivity index (χ4n) is 0.603. The highest BCUT2D eigenvalue weighted by atomic mass is 16.1. The molecule has 0 spiro atoms. The maximum atomic E-state index is 10.7. The van der Waals surface area contributed by atoms with Crippen LogP contribution in [0.15, 0.2) is 5.11 Å². The largest absolute Gasteiger partial charge is 0.300 e. The lowest BCUT2D eigenvalue weighted by Crippen LogP contribution is -2.05. The van der Waals surface area contributed by atoms with Gasteiger partial charge in [-0.1, -0.05) is 19.0 Å². The van der Waals surface area contributed by atoms with Crippen molar-refractivity contribution in [3.63, 3.8) is 0 Å². The first-order valence-corrected chi connectivity index (χ1v) is 3.26. The number of ketones is 1. The molecule has 0 heterocycles. The highest BCUT2D eigenvalue weighted by Gasteiger charge is 2.03. The van der Waals surface area contributed by atoms with E-state index in [0.29, 0.717) is 12.8 Å². The first kappa shape index (κ1) is 8.98. The van der Waals surface area contributed by atoms with Crippen molar-refractivity contribution in [1.82, 2.24) is 0 Å². The summed E-state index contributed by atoms with van der Waals surface area (Å²) in [7, 11) is 0. The number of azide groups is 1. The molecule has 0 bridgehead atoms. The molecule has 0 aromatic heterocycles. The van der Waals surface area contributed by atoms with Crippen LogP contribution in [0, 0.1) is 0 Å². The molecule has 0 amide bonds. The third kappa shape index (κ3) is 3.92. The molecule has 0 aliphatic carbocycles. The molecule has 0 unspecified atom stereocenters. The Hall–Kier alpha value is -1.02. The second-order valence-corrected chi connectivity index (χ2v) is 2.15. The van der Waals surface area contributed by atoms with Crippen molar-refractivity contribution in [3.05, 3.63) is 10.4 Å². The molecule has 10 heavy (non-hydrogen) atoms. The van der Waals surface area contributed by atoms with Gasteiger partial charge in [0.05, 0.1) is 0 Å². The Labute approximate surface area is 59.9 Å². The molecular formula is C6H11N3O. The fraction of sp³-hybridized carbons (Fsp3) is 0.833. The molecule has 0 N–H and O–H groups in total. The molecule has 0 saturated carbocycles. The quantitative estimate of drug-likeness (QED) is 0.335. The summed E-state index contributed by atoms with van der Waals surface area (Å²) in [5, 5.41) is 3.37. The Balaban J connectivity index is 3.67. The minimum atomic E-state index is -0.197. The van der Waals surface area contributed by atoms with Crippen molar-refractivity contribution in [2.45, 2.75) is 32.7 Å². The summed E-state index contributed by atoms with van der Waals surface area (Å²) in [5.74, 6) is 0.139. The molecule has 0 aliphatic rings. The Bertz CT molecular complexity index is 160. The lowest BCUT2D eigenvalue weighted by Gasteiger charge is -1.99. The summed E-state index contributed by atoms with van der Waals surface area (Å²) in [5.41, 5.74) is 7.97. The molecular weight excluding hydrogens is 130 g/mol. The van der Waals surface area contributed by atoms with Crippen LogP contribution in [0.25, 0.3) is 10.4 Å². The van der Waals surface area contributed by atoms with E-state index in [1.54, 1.807) is 13.8 Å². The van der Waals surface area contributed by atoms with E-state index in [9.17, 15) is 4.79 Å². The summed E-state index contributed by atoms with van der Waals surface area (Å²) in [6.45, 7) is 3.53. The molecule has 0 saturated heterocycles. The van der Waals surface area contributed by atoms with Crippen LogP contribution >= 0.6 is 0 Å². The molecule has 0 aromatic rings. The van der Waals surface area contributed by atoms with Gasteiger partial charge in [-0.25, -0.2) is 0 Å². The van der Waals surface area contributed by atoms with E-state index in [0.717, 1.165) is 0 Å². The average molecular weight is 141 g/mol. The Morgan fingerprint density at radius 3 is 2.80 bits per heavy atom. The van der Waals surface area contributed by atoms with Crippen molar-refractivity contribution in [2.24, 2.45) is 5.11 Å². The van der Waals surface area contributed by atoms with Crippen LogP contribution < -0.4 is 0 Å². The number of carbonyl (C=O) groups is 1. The van der Waals surface area contributed by atoms with Gasteiger partial charge in [0.15, 0.2) is 0 Å². The van der Waals surface area contributed by atoms with Crippen LogP contribution in [0.3, 0.4) is 0 Å². The SMILES string of the molecule is CCC(=O)C[C@@H](C)N=[N+]=[N-]. The van der Waals surface area contributed by atoms with Gasteiger partial charge in [0.1, 0.15) is 5.78 Å². The molecule has 0 aliphatic heterocycles. The topological polar surface area (TPSA) is 65.8 Å². The van der Waals surface area contributed by atoms with Crippen LogP contribution in [-0.4, -0.2) is 11.8 Å². The Kier molecular flexibility index (Phi) is 4.33. The van der Waals surface area contributed by atoms with Crippen LogP contribution in [0.5, 0.6) is 0 Å². The third-order valence-electron chi connectivity index (χ3n) is 1.17. The van der Waals surface area contributed by atoms with Gasteiger partial charge in [-0.15, -0.1) is 0 Å². The number of nitrogens with zero attached hydrogens (tertiary/aromatic N) is 3. The number of hydrogen-bond donors (Lipinski definition) is 0.